The van der Waals surface area contributed by atoms with Crippen molar-refractivity contribution in [1.29, 1.82) is 5.26 Å². The maximum atomic E-state index is 8.77. The van der Waals surface area contributed by atoms with Crippen LogP contribution in [-0.4, -0.2) is 58.9 Å². The number of nitrogens with one attached hydrogen (secondary N) is 2. The molecule has 2 aromatic heterocycles. The maximum Gasteiger partial charge on any atom is 0.256 e. The number of hydrogen-bond acceptors (Lipinski definition) is 9. The summed E-state index contributed by atoms with van der Waals surface area (Å²) in [7, 11) is 3.73. The van der Waals surface area contributed by atoms with Crippen LogP contribution in [0.1, 0.15) is 18.5 Å². The van der Waals surface area contributed by atoms with Gasteiger partial charge in [0.05, 0.1) is 19.5 Å². The Bertz CT molecular complexity index is 765. The van der Waals surface area contributed by atoms with Crippen LogP contribution in [-0.2, 0) is 0 Å². The van der Waals surface area contributed by atoms with Crippen LogP contribution in [0.3, 0.4) is 0 Å². The van der Waals surface area contributed by atoms with Gasteiger partial charge in [0.15, 0.2) is 11.5 Å². The van der Waals surface area contributed by atoms with Crippen molar-refractivity contribution in [2.24, 2.45) is 5.92 Å². The van der Waals surface area contributed by atoms with Gasteiger partial charge in [-0.15, -0.1) is 10.2 Å². The van der Waals surface area contributed by atoms with Gasteiger partial charge in [0.2, 0.25) is 0 Å². The molecule has 26 heavy (non-hydrogen) atoms. The summed E-state index contributed by atoms with van der Waals surface area (Å²) in [4.78, 5) is 10.5. The zero-order valence-electron chi connectivity index (χ0n) is 14.9. The van der Waals surface area contributed by atoms with Gasteiger partial charge in [-0.25, -0.2) is 9.97 Å². The van der Waals surface area contributed by atoms with Crippen molar-refractivity contribution in [2.45, 2.75) is 12.8 Å². The molecular weight excluding hydrogens is 332 g/mol. The molecule has 9 heteroatoms. The largest absolute Gasteiger partial charge is 0.478 e. The Kier molecular flexibility index (Phi) is 5.76. The number of nitrogens with zero attached hydrogens (tertiary/aromatic N) is 6. The van der Waals surface area contributed by atoms with E-state index in [0.29, 0.717) is 23.4 Å². The summed E-state index contributed by atoms with van der Waals surface area (Å²) >= 11 is 0. The molecule has 2 N–H and O–H groups in total. The standard InChI is InChI=1S/C17H22N8O/c1-25-5-3-12(4-6-25)9-20-14-7-15(23-24-17(14)26-2)22-16-11-19-13(8-18)10-21-16/h7,10-12H,3-6,9H2,1-2H3,(H2,20,21,22,23). The summed E-state index contributed by atoms with van der Waals surface area (Å²) in [5.74, 6) is 2.10. The molecule has 1 saturated heterocycles. The van der Waals surface area contributed by atoms with Crippen molar-refractivity contribution >= 4 is 17.3 Å². The number of nitriles is 1. The fraction of sp³-hybridized carbons (Fsp3) is 0.471. The molecule has 9 nitrogen and oxygen atoms in total. The Balaban J connectivity index is 1.66. The minimum atomic E-state index is 0.261. The molecule has 0 bridgehead atoms. The molecule has 2 aromatic rings. The fourth-order valence-electron chi connectivity index (χ4n) is 2.82. The molecule has 3 heterocycles. The molecule has 0 unspecified atom stereocenters. The van der Waals surface area contributed by atoms with E-state index in [1.54, 1.807) is 7.11 Å². The average molecular weight is 354 g/mol. The molecule has 0 spiro atoms. The predicted molar refractivity (Wildman–Crippen MR) is 97.3 cm³/mol. The summed E-state index contributed by atoms with van der Waals surface area (Å²) in [5.41, 5.74) is 1.04. The molecule has 1 fully saturated rings. The van der Waals surface area contributed by atoms with Gasteiger partial charge in [-0.05, 0) is 38.9 Å². The highest BCUT2D eigenvalue weighted by Crippen LogP contribution is 2.25. The molecule has 136 valence electrons. The van der Waals surface area contributed by atoms with Crippen molar-refractivity contribution in [2.75, 3.05) is 44.4 Å². The molecule has 0 amide bonds. The summed E-state index contributed by atoms with van der Waals surface area (Å²) < 4.78 is 5.30. The van der Waals surface area contributed by atoms with Crippen LogP contribution >= 0.6 is 0 Å². The van der Waals surface area contributed by atoms with Crippen LogP contribution in [0.4, 0.5) is 17.3 Å². The highest BCUT2D eigenvalue weighted by atomic mass is 16.5. The lowest BCUT2D eigenvalue weighted by molar-refractivity contribution is 0.226. The second-order valence-corrected chi connectivity index (χ2v) is 6.30. The second kappa shape index (κ2) is 8.40. The second-order valence-electron chi connectivity index (χ2n) is 6.30. The molecule has 0 radical (unpaired) electrons. The van der Waals surface area contributed by atoms with E-state index in [-0.39, 0.29) is 5.69 Å². The molecule has 1 aliphatic heterocycles. The SMILES string of the molecule is COc1nnc(Nc2cnc(C#N)cn2)cc1NCC1CCN(C)CC1. The lowest BCUT2D eigenvalue weighted by Crippen LogP contribution is -2.33. The van der Waals surface area contributed by atoms with Gasteiger partial charge in [0, 0.05) is 12.6 Å². The monoisotopic (exact) mass is 354 g/mol. The van der Waals surface area contributed by atoms with E-state index in [0.717, 1.165) is 25.3 Å². The first-order valence-corrected chi connectivity index (χ1v) is 8.51. The quantitative estimate of drug-likeness (QED) is 0.799. The summed E-state index contributed by atoms with van der Waals surface area (Å²) in [5, 5.41) is 23.4. The number of anilines is 3. The van der Waals surface area contributed by atoms with Gasteiger partial charge in [0.1, 0.15) is 17.6 Å². The van der Waals surface area contributed by atoms with Crippen LogP contribution in [0.25, 0.3) is 0 Å². The number of rotatable bonds is 6. The van der Waals surface area contributed by atoms with Crippen molar-refractivity contribution in [3.8, 4) is 11.9 Å². The zero-order valence-corrected chi connectivity index (χ0v) is 14.9. The van der Waals surface area contributed by atoms with Crippen LogP contribution in [0.2, 0.25) is 0 Å². The minimum absolute atomic E-state index is 0.261. The lowest BCUT2D eigenvalue weighted by atomic mass is 9.97. The van der Waals surface area contributed by atoms with E-state index in [4.69, 9.17) is 10.00 Å². The highest BCUT2D eigenvalue weighted by Gasteiger charge is 2.17. The predicted octanol–water partition coefficient (Wildman–Crippen LogP) is 1.64. The summed E-state index contributed by atoms with van der Waals surface area (Å²) in [6, 6.07) is 3.77. The molecule has 1 aliphatic rings. The third-order valence-corrected chi connectivity index (χ3v) is 4.40. The number of ether oxygens (including phenoxy) is 1. The van der Waals surface area contributed by atoms with Gasteiger partial charge < -0.3 is 20.3 Å². The van der Waals surface area contributed by atoms with Crippen molar-refractivity contribution in [1.82, 2.24) is 25.1 Å². The van der Waals surface area contributed by atoms with Gasteiger partial charge in [0.25, 0.3) is 5.88 Å². The van der Waals surface area contributed by atoms with E-state index >= 15 is 0 Å². The Morgan fingerprint density at radius 3 is 2.69 bits per heavy atom. The van der Waals surface area contributed by atoms with Gasteiger partial charge >= 0.3 is 0 Å². The van der Waals surface area contributed by atoms with Crippen LogP contribution in [0.15, 0.2) is 18.5 Å². The molecule has 3 rings (SSSR count). The van der Waals surface area contributed by atoms with Crippen LogP contribution in [0, 0.1) is 17.2 Å². The van der Waals surface area contributed by atoms with Crippen molar-refractivity contribution in [3.63, 3.8) is 0 Å². The molecule has 0 saturated carbocycles. The molecule has 0 aromatic carbocycles. The summed E-state index contributed by atoms with van der Waals surface area (Å²) in [6.07, 6.45) is 5.24. The van der Waals surface area contributed by atoms with Gasteiger partial charge in [-0.2, -0.15) is 5.26 Å². The Labute approximate surface area is 152 Å². The van der Waals surface area contributed by atoms with Gasteiger partial charge in [-0.3, -0.25) is 0 Å². The lowest BCUT2D eigenvalue weighted by Gasteiger charge is -2.29. The number of likely N-dealkylation sites (tertiary alicyclic amines) is 1. The number of aromatic nitrogens is 4. The smallest absolute Gasteiger partial charge is 0.256 e. The highest BCUT2D eigenvalue weighted by molar-refractivity contribution is 5.61. The third kappa shape index (κ3) is 4.55. The van der Waals surface area contributed by atoms with Crippen LogP contribution < -0.4 is 15.4 Å². The molecule has 0 atom stereocenters. The normalized spacial score (nSPS) is 15.3. The Morgan fingerprint density at radius 2 is 2.04 bits per heavy atom. The maximum absolute atomic E-state index is 8.77. The Hall–Kier alpha value is -2.99. The third-order valence-electron chi connectivity index (χ3n) is 4.40. The van der Waals surface area contributed by atoms with Gasteiger partial charge in [-0.1, -0.05) is 0 Å². The average Bonchev–Trinajstić information content (AvgIpc) is 2.68. The molecule has 0 aliphatic carbocycles. The van der Waals surface area contributed by atoms with E-state index in [1.165, 1.54) is 25.2 Å². The van der Waals surface area contributed by atoms with E-state index in [9.17, 15) is 0 Å². The number of hydrogen-bond donors (Lipinski definition) is 2. The van der Waals surface area contributed by atoms with E-state index < -0.39 is 0 Å². The molecular formula is C17H22N8O. The van der Waals surface area contributed by atoms with Crippen molar-refractivity contribution in [3.05, 3.63) is 24.2 Å². The van der Waals surface area contributed by atoms with E-state index in [1.807, 2.05) is 12.1 Å². The number of methoxy groups -OCH3 is 1. The zero-order chi connectivity index (χ0) is 18.4. The van der Waals surface area contributed by atoms with Crippen LogP contribution in [0.5, 0.6) is 5.88 Å². The van der Waals surface area contributed by atoms with E-state index in [2.05, 4.69) is 42.7 Å². The first kappa shape index (κ1) is 17.8. The first-order valence-electron chi connectivity index (χ1n) is 8.51. The summed E-state index contributed by atoms with van der Waals surface area (Å²) in [6.45, 7) is 3.12. The topological polar surface area (TPSA) is 112 Å². The Morgan fingerprint density at radius 1 is 1.23 bits per heavy atom. The minimum Gasteiger partial charge on any atom is -0.478 e. The first-order chi connectivity index (χ1) is 12.7. The fourth-order valence-corrected chi connectivity index (χ4v) is 2.82. The van der Waals surface area contributed by atoms with Crippen molar-refractivity contribution < 1.29 is 4.74 Å². The number of piperidine rings is 1.